The van der Waals surface area contributed by atoms with E-state index in [0.29, 0.717) is 5.56 Å². The minimum Gasteiger partial charge on any atom is -0.465 e. The Morgan fingerprint density at radius 2 is 2.14 bits per heavy atom. The average molecular weight is 315 g/mol. The molecule has 5 nitrogen and oxygen atoms in total. The van der Waals surface area contributed by atoms with Gasteiger partial charge in [0.15, 0.2) is 0 Å². The van der Waals surface area contributed by atoms with Crippen LogP contribution < -0.4 is 0 Å². The van der Waals surface area contributed by atoms with E-state index < -0.39 is 0 Å². The van der Waals surface area contributed by atoms with Gasteiger partial charge < -0.3 is 4.74 Å². The predicted octanol–water partition coefficient (Wildman–Crippen LogP) is 3.70. The Kier molecular flexibility index (Phi) is 3.70. The fraction of sp³-hybridized carbons (Fsp3) is 0.312. The minimum atomic E-state index is -0.369. The number of esters is 1. The summed E-state index contributed by atoms with van der Waals surface area (Å²) in [4.78, 5) is 16.5. The van der Waals surface area contributed by atoms with Gasteiger partial charge in [-0.15, -0.1) is 0 Å². The molecule has 0 amide bonds. The molecule has 2 aromatic heterocycles. The zero-order chi connectivity index (χ0) is 15.9. The van der Waals surface area contributed by atoms with Crippen LogP contribution in [-0.4, -0.2) is 27.8 Å². The van der Waals surface area contributed by atoms with Gasteiger partial charge in [-0.05, 0) is 30.5 Å². The number of aryl methyl sites for hydroxylation is 1. The lowest BCUT2D eigenvalue weighted by molar-refractivity contribution is 0.0599. The molecule has 0 unspecified atom stereocenters. The van der Waals surface area contributed by atoms with Gasteiger partial charge in [0.05, 0.1) is 29.2 Å². The molecule has 0 radical (unpaired) electrons. The SMILES string of the molecule is COC(=O)c1cnn(-c2nc3ccc(C)cc3s2)c1C(C)C. The molecule has 1 aromatic carbocycles. The van der Waals surface area contributed by atoms with E-state index >= 15 is 0 Å². The van der Waals surface area contributed by atoms with E-state index in [2.05, 4.69) is 23.1 Å². The number of methoxy groups -OCH3 is 1. The molecule has 0 saturated carbocycles. The van der Waals surface area contributed by atoms with Crippen LogP contribution in [0.15, 0.2) is 24.4 Å². The van der Waals surface area contributed by atoms with Crippen molar-refractivity contribution in [2.75, 3.05) is 7.11 Å². The molecule has 0 atom stereocenters. The highest BCUT2D eigenvalue weighted by molar-refractivity contribution is 7.20. The maximum absolute atomic E-state index is 11.9. The van der Waals surface area contributed by atoms with Crippen molar-refractivity contribution in [3.05, 3.63) is 41.2 Å². The van der Waals surface area contributed by atoms with Crippen LogP contribution in [0, 0.1) is 6.92 Å². The fourth-order valence-corrected chi connectivity index (χ4v) is 3.48. The normalized spacial score (nSPS) is 11.3. The number of fused-ring (bicyclic) bond motifs is 1. The molecule has 22 heavy (non-hydrogen) atoms. The summed E-state index contributed by atoms with van der Waals surface area (Å²) in [7, 11) is 1.38. The van der Waals surface area contributed by atoms with Crippen LogP contribution in [0.5, 0.6) is 0 Å². The zero-order valence-electron chi connectivity index (χ0n) is 13.0. The van der Waals surface area contributed by atoms with E-state index in [-0.39, 0.29) is 11.9 Å². The summed E-state index contributed by atoms with van der Waals surface area (Å²) in [6.45, 7) is 6.11. The molecule has 114 valence electrons. The summed E-state index contributed by atoms with van der Waals surface area (Å²) >= 11 is 1.57. The van der Waals surface area contributed by atoms with E-state index in [1.807, 2.05) is 26.0 Å². The zero-order valence-corrected chi connectivity index (χ0v) is 13.8. The average Bonchev–Trinajstić information content (AvgIpc) is 3.08. The summed E-state index contributed by atoms with van der Waals surface area (Å²) in [6.07, 6.45) is 1.55. The summed E-state index contributed by atoms with van der Waals surface area (Å²) in [5.41, 5.74) is 3.45. The number of aromatic nitrogens is 3. The first-order valence-corrected chi connectivity index (χ1v) is 7.86. The second kappa shape index (κ2) is 5.53. The van der Waals surface area contributed by atoms with E-state index in [1.165, 1.54) is 12.7 Å². The number of benzene rings is 1. The highest BCUT2D eigenvalue weighted by Crippen LogP contribution is 2.29. The van der Waals surface area contributed by atoms with Gasteiger partial charge in [0, 0.05) is 0 Å². The largest absolute Gasteiger partial charge is 0.465 e. The molecule has 6 heteroatoms. The van der Waals surface area contributed by atoms with Crippen LogP contribution in [-0.2, 0) is 4.74 Å². The maximum Gasteiger partial charge on any atom is 0.341 e. The Bertz CT molecular complexity index is 848. The summed E-state index contributed by atoms with van der Waals surface area (Å²) in [5, 5.41) is 5.12. The van der Waals surface area contributed by atoms with Crippen molar-refractivity contribution in [2.24, 2.45) is 0 Å². The number of ether oxygens (including phenoxy) is 1. The van der Waals surface area contributed by atoms with Crippen molar-refractivity contribution < 1.29 is 9.53 Å². The molecular weight excluding hydrogens is 298 g/mol. The molecular formula is C16H17N3O2S. The smallest absolute Gasteiger partial charge is 0.341 e. The van der Waals surface area contributed by atoms with Gasteiger partial charge in [0.1, 0.15) is 5.56 Å². The third-order valence-corrected chi connectivity index (χ3v) is 4.47. The molecule has 0 fully saturated rings. The quantitative estimate of drug-likeness (QED) is 0.692. The first kappa shape index (κ1) is 14.7. The Labute approximate surface area is 132 Å². The number of nitrogens with zero attached hydrogens (tertiary/aromatic N) is 3. The monoisotopic (exact) mass is 315 g/mol. The van der Waals surface area contributed by atoms with E-state index in [4.69, 9.17) is 4.74 Å². The fourth-order valence-electron chi connectivity index (χ4n) is 2.44. The van der Waals surface area contributed by atoms with Crippen LogP contribution in [0.1, 0.15) is 41.4 Å². The Hall–Kier alpha value is -2.21. The maximum atomic E-state index is 11.9. The van der Waals surface area contributed by atoms with Gasteiger partial charge in [-0.1, -0.05) is 31.3 Å². The Balaban J connectivity index is 2.17. The summed E-state index contributed by atoms with van der Waals surface area (Å²) in [5.74, 6) is -0.239. The lowest BCUT2D eigenvalue weighted by atomic mass is 10.1. The standard InChI is InChI=1S/C16H17N3O2S/c1-9(2)14-11(15(20)21-4)8-17-19(14)16-18-12-6-5-10(3)7-13(12)22-16/h5-9H,1-4H3. The molecule has 3 aromatic rings. The van der Waals surface area contributed by atoms with E-state index in [9.17, 15) is 4.79 Å². The van der Waals surface area contributed by atoms with Crippen molar-refractivity contribution in [1.82, 2.24) is 14.8 Å². The first-order valence-electron chi connectivity index (χ1n) is 7.05. The highest BCUT2D eigenvalue weighted by Gasteiger charge is 2.22. The van der Waals surface area contributed by atoms with Gasteiger partial charge in [-0.2, -0.15) is 5.10 Å². The van der Waals surface area contributed by atoms with Crippen LogP contribution in [0.25, 0.3) is 15.3 Å². The second-order valence-electron chi connectivity index (χ2n) is 5.47. The molecule has 0 aliphatic heterocycles. The van der Waals surface area contributed by atoms with Gasteiger partial charge in [0.2, 0.25) is 5.13 Å². The lowest BCUT2D eigenvalue weighted by Gasteiger charge is -2.09. The number of hydrogen-bond donors (Lipinski definition) is 0. The van der Waals surface area contributed by atoms with Crippen LogP contribution in [0.4, 0.5) is 0 Å². The van der Waals surface area contributed by atoms with Gasteiger partial charge in [-0.25, -0.2) is 14.5 Å². The molecule has 0 aliphatic carbocycles. The Morgan fingerprint density at radius 1 is 1.36 bits per heavy atom. The molecule has 3 rings (SSSR count). The highest BCUT2D eigenvalue weighted by atomic mass is 32.1. The minimum absolute atomic E-state index is 0.130. The Morgan fingerprint density at radius 3 is 2.82 bits per heavy atom. The van der Waals surface area contributed by atoms with Crippen LogP contribution in [0.2, 0.25) is 0 Å². The van der Waals surface area contributed by atoms with E-state index in [0.717, 1.165) is 21.0 Å². The van der Waals surface area contributed by atoms with Crippen LogP contribution >= 0.6 is 11.3 Å². The third kappa shape index (κ3) is 2.39. The third-order valence-electron chi connectivity index (χ3n) is 3.47. The van der Waals surface area contributed by atoms with Gasteiger partial charge >= 0.3 is 5.97 Å². The number of rotatable bonds is 3. The molecule has 0 bridgehead atoms. The predicted molar refractivity (Wildman–Crippen MR) is 86.9 cm³/mol. The summed E-state index contributed by atoms with van der Waals surface area (Å²) in [6, 6.07) is 6.15. The number of carbonyl (C=O) groups is 1. The van der Waals surface area contributed by atoms with Crippen molar-refractivity contribution >= 4 is 27.5 Å². The van der Waals surface area contributed by atoms with Crippen molar-refractivity contribution in [3.63, 3.8) is 0 Å². The molecule has 0 N–H and O–H groups in total. The van der Waals surface area contributed by atoms with Crippen molar-refractivity contribution in [2.45, 2.75) is 26.7 Å². The van der Waals surface area contributed by atoms with Gasteiger partial charge in [0.25, 0.3) is 0 Å². The van der Waals surface area contributed by atoms with Crippen LogP contribution in [0.3, 0.4) is 0 Å². The number of thiazole rings is 1. The van der Waals surface area contributed by atoms with Crippen molar-refractivity contribution in [3.8, 4) is 5.13 Å². The molecule has 0 aliphatic rings. The van der Waals surface area contributed by atoms with Gasteiger partial charge in [-0.3, -0.25) is 0 Å². The number of carbonyl (C=O) groups excluding carboxylic acids is 1. The van der Waals surface area contributed by atoms with E-state index in [1.54, 1.807) is 22.2 Å². The number of hydrogen-bond acceptors (Lipinski definition) is 5. The summed E-state index contributed by atoms with van der Waals surface area (Å²) < 4.78 is 7.70. The first-order chi connectivity index (χ1) is 10.5. The second-order valence-corrected chi connectivity index (χ2v) is 6.48. The molecule has 0 saturated heterocycles. The molecule has 2 heterocycles. The van der Waals surface area contributed by atoms with Crippen molar-refractivity contribution in [1.29, 1.82) is 0 Å². The topological polar surface area (TPSA) is 57.0 Å². The molecule has 0 spiro atoms. The lowest BCUT2D eigenvalue weighted by Crippen LogP contribution is -2.09.